The van der Waals surface area contributed by atoms with Crippen molar-refractivity contribution in [3.05, 3.63) is 23.9 Å². The van der Waals surface area contributed by atoms with Gasteiger partial charge in [-0.1, -0.05) is 13.0 Å². The van der Waals surface area contributed by atoms with Gasteiger partial charge in [-0.15, -0.1) is 0 Å². The number of hydrogen-bond donors (Lipinski definition) is 3. The molecule has 0 fully saturated rings. The average Bonchev–Trinajstić information content (AvgIpc) is 2.33. The number of pyridine rings is 1. The summed E-state index contributed by atoms with van der Waals surface area (Å²) in [6, 6.07) is 5.08. The number of nitrogens with two attached hydrogens (primary N) is 1. The van der Waals surface area contributed by atoms with Crippen LogP contribution in [0.25, 0.3) is 0 Å². The van der Waals surface area contributed by atoms with E-state index in [2.05, 4.69) is 15.6 Å². The van der Waals surface area contributed by atoms with Crippen LogP contribution in [0.4, 0.5) is 5.82 Å². The van der Waals surface area contributed by atoms with Crippen molar-refractivity contribution in [1.29, 1.82) is 0 Å². The summed E-state index contributed by atoms with van der Waals surface area (Å²) in [5, 5.41) is 5.45. The topological polar surface area (TPSA) is 97.1 Å². The average molecular weight is 236 g/mol. The summed E-state index contributed by atoms with van der Waals surface area (Å²) in [6.07, 6.45) is 0.972. The number of amides is 2. The fourth-order valence-corrected chi connectivity index (χ4v) is 1.17. The van der Waals surface area contributed by atoms with Crippen LogP contribution in [0.2, 0.25) is 0 Å². The van der Waals surface area contributed by atoms with Crippen molar-refractivity contribution in [1.82, 2.24) is 10.3 Å². The SMILES string of the molecule is CCCNc1cccc(C(=O)NCC(N)=O)n1. The van der Waals surface area contributed by atoms with Gasteiger partial charge in [-0.05, 0) is 18.6 Å². The molecule has 0 saturated carbocycles. The molecule has 6 heteroatoms. The van der Waals surface area contributed by atoms with Gasteiger partial charge in [0.2, 0.25) is 5.91 Å². The molecule has 1 aromatic rings. The number of nitrogens with zero attached hydrogens (tertiary/aromatic N) is 1. The van der Waals surface area contributed by atoms with E-state index in [4.69, 9.17) is 5.73 Å². The minimum absolute atomic E-state index is 0.187. The summed E-state index contributed by atoms with van der Waals surface area (Å²) >= 11 is 0. The number of rotatable bonds is 6. The summed E-state index contributed by atoms with van der Waals surface area (Å²) in [6.45, 7) is 2.64. The molecule has 0 spiro atoms. The van der Waals surface area contributed by atoms with Gasteiger partial charge >= 0.3 is 0 Å². The number of carbonyl (C=O) groups is 2. The Bertz CT molecular complexity index is 406. The van der Waals surface area contributed by atoms with Gasteiger partial charge in [-0.2, -0.15) is 0 Å². The van der Waals surface area contributed by atoms with E-state index in [9.17, 15) is 9.59 Å². The molecule has 1 aromatic heterocycles. The first-order valence-corrected chi connectivity index (χ1v) is 5.41. The first kappa shape index (κ1) is 13.0. The predicted molar refractivity (Wildman–Crippen MR) is 64.5 cm³/mol. The lowest BCUT2D eigenvalue weighted by molar-refractivity contribution is -0.117. The van der Waals surface area contributed by atoms with E-state index in [-0.39, 0.29) is 12.2 Å². The van der Waals surface area contributed by atoms with Crippen molar-refractivity contribution in [2.45, 2.75) is 13.3 Å². The van der Waals surface area contributed by atoms with Gasteiger partial charge in [-0.3, -0.25) is 9.59 Å². The van der Waals surface area contributed by atoms with Crippen LogP contribution in [0.3, 0.4) is 0 Å². The predicted octanol–water partition coefficient (Wildman–Crippen LogP) is 0.119. The molecule has 0 atom stereocenters. The molecule has 0 aromatic carbocycles. The van der Waals surface area contributed by atoms with Crippen LogP contribution in [0.15, 0.2) is 18.2 Å². The highest BCUT2D eigenvalue weighted by Gasteiger charge is 2.08. The molecule has 0 radical (unpaired) electrons. The van der Waals surface area contributed by atoms with E-state index in [0.717, 1.165) is 13.0 Å². The van der Waals surface area contributed by atoms with Crippen LogP contribution in [0.5, 0.6) is 0 Å². The number of hydrogen-bond acceptors (Lipinski definition) is 4. The van der Waals surface area contributed by atoms with Gasteiger partial charge in [-0.25, -0.2) is 4.98 Å². The summed E-state index contributed by atoms with van der Waals surface area (Å²) < 4.78 is 0. The molecule has 92 valence electrons. The maximum Gasteiger partial charge on any atom is 0.270 e. The van der Waals surface area contributed by atoms with Crippen LogP contribution in [-0.2, 0) is 4.79 Å². The molecular weight excluding hydrogens is 220 g/mol. The molecule has 0 bridgehead atoms. The van der Waals surface area contributed by atoms with Crippen molar-refractivity contribution in [3.63, 3.8) is 0 Å². The van der Waals surface area contributed by atoms with Crippen LogP contribution >= 0.6 is 0 Å². The van der Waals surface area contributed by atoms with E-state index in [1.807, 2.05) is 6.92 Å². The Kier molecular flexibility index (Phi) is 4.93. The lowest BCUT2D eigenvalue weighted by Crippen LogP contribution is -2.33. The van der Waals surface area contributed by atoms with Gasteiger partial charge in [0.1, 0.15) is 11.5 Å². The molecule has 0 aliphatic rings. The first-order valence-electron chi connectivity index (χ1n) is 5.41. The number of carbonyl (C=O) groups excluding carboxylic acids is 2. The molecule has 1 heterocycles. The van der Waals surface area contributed by atoms with Crippen molar-refractivity contribution < 1.29 is 9.59 Å². The Balaban J connectivity index is 2.63. The van der Waals surface area contributed by atoms with Gasteiger partial charge in [0.15, 0.2) is 0 Å². The van der Waals surface area contributed by atoms with Crippen LogP contribution in [-0.4, -0.2) is 29.9 Å². The van der Waals surface area contributed by atoms with Gasteiger partial charge in [0, 0.05) is 6.54 Å². The normalized spacial score (nSPS) is 9.71. The molecule has 2 amide bonds. The number of aromatic nitrogens is 1. The largest absolute Gasteiger partial charge is 0.370 e. The zero-order valence-corrected chi connectivity index (χ0v) is 9.69. The molecule has 0 unspecified atom stereocenters. The van der Waals surface area contributed by atoms with E-state index in [1.165, 1.54) is 0 Å². The molecule has 0 aliphatic heterocycles. The standard InChI is InChI=1S/C11H16N4O2/c1-2-6-13-10-5-3-4-8(15-10)11(17)14-7-9(12)16/h3-5H,2,6-7H2,1H3,(H2,12,16)(H,13,15)(H,14,17). The van der Waals surface area contributed by atoms with E-state index < -0.39 is 11.8 Å². The van der Waals surface area contributed by atoms with Gasteiger partial charge < -0.3 is 16.4 Å². The van der Waals surface area contributed by atoms with Crippen LogP contribution < -0.4 is 16.4 Å². The van der Waals surface area contributed by atoms with Crippen LogP contribution in [0, 0.1) is 0 Å². The molecule has 4 N–H and O–H groups in total. The van der Waals surface area contributed by atoms with E-state index in [0.29, 0.717) is 5.82 Å². The maximum absolute atomic E-state index is 11.6. The van der Waals surface area contributed by atoms with E-state index in [1.54, 1.807) is 18.2 Å². The monoisotopic (exact) mass is 236 g/mol. The Morgan fingerprint density at radius 3 is 2.82 bits per heavy atom. The van der Waals surface area contributed by atoms with Gasteiger partial charge in [0.05, 0.1) is 6.54 Å². The summed E-state index contributed by atoms with van der Waals surface area (Å²) in [7, 11) is 0. The summed E-state index contributed by atoms with van der Waals surface area (Å²) in [5.41, 5.74) is 5.18. The van der Waals surface area contributed by atoms with Crippen molar-refractivity contribution in [2.75, 3.05) is 18.4 Å². The zero-order valence-electron chi connectivity index (χ0n) is 9.69. The second-order valence-electron chi connectivity index (χ2n) is 3.48. The van der Waals surface area contributed by atoms with Gasteiger partial charge in [0.25, 0.3) is 5.91 Å². The Labute approximate surface area is 99.6 Å². The molecule has 6 nitrogen and oxygen atoms in total. The quantitative estimate of drug-likeness (QED) is 0.653. The zero-order chi connectivity index (χ0) is 12.7. The Hall–Kier alpha value is -2.11. The first-order chi connectivity index (χ1) is 8.13. The van der Waals surface area contributed by atoms with Crippen molar-refractivity contribution >= 4 is 17.6 Å². The highest BCUT2D eigenvalue weighted by atomic mass is 16.2. The van der Waals surface area contributed by atoms with Crippen LogP contribution in [0.1, 0.15) is 23.8 Å². The highest BCUT2D eigenvalue weighted by Crippen LogP contribution is 2.04. The fraction of sp³-hybridized carbons (Fsp3) is 0.364. The number of nitrogens with one attached hydrogen (secondary N) is 2. The van der Waals surface area contributed by atoms with Crippen molar-refractivity contribution in [2.24, 2.45) is 5.73 Å². The second-order valence-corrected chi connectivity index (χ2v) is 3.48. The molecule has 17 heavy (non-hydrogen) atoms. The molecule has 0 aliphatic carbocycles. The lowest BCUT2D eigenvalue weighted by atomic mass is 10.3. The maximum atomic E-state index is 11.6. The Morgan fingerprint density at radius 1 is 1.41 bits per heavy atom. The second kappa shape index (κ2) is 6.47. The molecule has 0 saturated heterocycles. The minimum atomic E-state index is -0.585. The third-order valence-electron chi connectivity index (χ3n) is 1.96. The third-order valence-corrected chi connectivity index (χ3v) is 1.96. The highest BCUT2D eigenvalue weighted by molar-refractivity contribution is 5.94. The lowest BCUT2D eigenvalue weighted by Gasteiger charge is -2.06. The minimum Gasteiger partial charge on any atom is -0.370 e. The Morgan fingerprint density at radius 2 is 2.18 bits per heavy atom. The fourth-order valence-electron chi connectivity index (χ4n) is 1.17. The summed E-state index contributed by atoms with van der Waals surface area (Å²) in [5.74, 6) is -0.360. The van der Waals surface area contributed by atoms with Crippen molar-refractivity contribution in [3.8, 4) is 0 Å². The third kappa shape index (κ3) is 4.50. The molecule has 1 rings (SSSR count). The molecular formula is C11H16N4O2. The van der Waals surface area contributed by atoms with E-state index >= 15 is 0 Å². The number of anilines is 1. The summed E-state index contributed by atoms with van der Waals surface area (Å²) in [4.78, 5) is 26.2. The number of primary amides is 1. The smallest absolute Gasteiger partial charge is 0.270 e.